The number of hydrogen-bond acceptors (Lipinski definition) is 13. The van der Waals surface area contributed by atoms with Crippen LogP contribution in [0.3, 0.4) is 0 Å². The number of rotatable bonds is 11. The third-order valence-electron chi connectivity index (χ3n) is 5.72. The monoisotopic (exact) mass is 611 g/mol. The van der Waals surface area contributed by atoms with E-state index in [-0.39, 0.29) is 23.4 Å². The zero-order chi connectivity index (χ0) is 28.6. The van der Waals surface area contributed by atoms with Crippen molar-refractivity contribution in [2.75, 3.05) is 12.3 Å². The number of hydrogen-bond donors (Lipinski definition) is 7. The average molecular weight is 611 g/mol. The van der Waals surface area contributed by atoms with Crippen molar-refractivity contribution in [2.24, 2.45) is 0 Å². The Morgan fingerprint density at radius 1 is 1.00 bits per heavy atom. The molecule has 39 heavy (non-hydrogen) atoms. The Labute approximate surface area is 219 Å². The summed E-state index contributed by atoms with van der Waals surface area (Å²) in [6, 6.07) is 9.06. The highest BCUT2D eigenvalue weighted by Gasteiger charge is 2.56. The van der Waals surface area contributed by atoms with Crippen LogP contribution in [-0.4, -0.2) is 74.2 Å². The summed E-state index contributed by atoms with van der Waals surface area (Å²) in [6.45, 7) is -0.987. The van der Waals surface area contributed by atoms with E-state index in [9.17, 15) is 33.7 Å². The van der Waals surface area contributed by atoms with Crippen LogP contribution in [0.5, 0.6) is 0 Å². The lowest BCUT2D eigenvalue weighted by Crippen LogP contribution is -2.46. The maximum absolute atomic E-state index is 12.2. The number of imidazole rings is 1. The fraction of sp³-hybridized carbons (Fsp3) is 0.389. The van der Waals surface area contributed by atoms with Gasteiger partial charge in [-0.05, 0) is 12.0 Å². The van der Waals surface area contributed by atoms with Crippen molar-refractivity contribution in [3.63, 3.8) is 0 Å². The lowest BCUT2D eigenvalue weighted by Gasteiger charge is -2.34. The number of phosphoric acid groups is 3. The first-order valence-corrected chi connectivity index (χ1v) is 15.4. The first-order valence-electron chi connectivity index (χ1n) is 10.9. The van der Waals surface area contributed by atoms with Gasteiger partial charge in [-0.25, -0.2) is 28.6 Å². The van der Waals surface area contributed by atoms with Crippen LogP contribution in [0.15, 0.2) is 43.0 Å². The van der Waals surface area contributed by atoms with Crippen LogP contribution < -0.4 is 5.73 Å². The smallest absolute Gasteiger partial charge is 0.387 e. The molecule has 4 rings (SSSR count). The van der Waals surface area contributed by atoms with Gasteiger partial charge in [-0.15, -0.1) is 0 Å². The van der Waals surface area contributed by atoms with Gasteiger partial charge in [-0.1, -0.05) is 30.3 Å². The van der Waals surface area contributed by atoms with E-state index in [2.05, 4.69) is 28.1 Å². The highest BCUT2D eigenvalue weighted by molar-refractivity contribution is 7.66. The van der Waals surface area contributed by atoms with E-state index in [4.69, 9.17) is 20.3 Å². The standard InChI is InChI=1S/C18H24N5O13P3/c19-16-13-17(21-9-20-16)23(10-22-13)18(7-6-11-4-2-1-3-5-11)15(25)14(24)12(34-18)8-33-38(29,30)36-39(31,32)35-37(26,27)28/h1-5,9-10,12,14-15,24-25H,6-8H2,(H,29,30)(H,31,32)(H2,19,20,21)(H2,26,27,28)/t12-,14-,15-,18-/m1/s1. The molecule has 21 heteroatoms. The summed E-state index contributed by atoms with van der Waals surface area (Å²) < 4.78 is 53.9. The molecule has 6 atom stereocenters. The largest absolute Gasteiger partial charge is 0.490 e. The highest BCUT2D eigenvalue weighted by atomic mass is 31.3. The molecule has 214 valence electrons. The molecule has 1 aromatic carbocycles. The molecule has 0 bridgehead atoms. The molecule has 18 nitrogen and oxygen atoms in total. The fourth-order valence-corrected chi connectivity index (χ4v) is 7.13. The Bertz CT molecular complexity index is 1470. The number of anilines is 1. The number of phosphoric ester groups is 1. The molecule has 1 fully saturated rings. The minimum atomic E-state index is -5.76. The van der Waals surface area contributed by atoms with E-state index < -0.39 is 54.1 Å². The Morgan fingerprint density at radius 3 is 2.36 bits per heavy atom. The number of aliphatic hydroxyl groups is 2. The van der Waals surface area contributed by atoms with Crippen LogP contribution in [0.4, 0.5) is 5.82 Å². The van der Waals surface area contributed by atoms with Gasteiger partial charge < -0.3 is 40.3 Å². The van der Waals surface area contributed by atoms with E-state index in [1.807, 2.05) is 18.2 Å². The topological polar surface area (TPSA) is 279 Å². The SMILES string of the molecule is Nc1ncnc2c1ncn2[C@]1(CCc2ccccc2)O[C@H](COP(=O)(O)OP(=O)(O)OP(=O)(O)O)[C@@H](O)[C@H]1O. The molecule has 0 amide bonds. The second-order valence-electron chi connectivity index (χ2n) is 8.35. The predicted octanol–water partition coefficient (Wildman–Crippen LogP) is 0.158. The summed E-state index contributed by atoms with van der Waals surface area (Å²) >= 11 is 0. The van der Waals surface area contributed by atoms with Crippen molar-refractivity contribution in [1.82, 2.24) is 19.5 Å². The number of nitrogen functional groups attached to an aromatic ring is 1. The number of benzene rings is 1. The summed E-state index contributed by atoms with van der Waals surface area (Å²) in [5.41, 5.74) is 5.28. The van der Waals surface area contributed by atoms with Crippen molar-refractivity contribution in [2.45, 2.75) is 36.9 Å². The van der Waals surface area contributed by atoms with Gasteiger partial charge in [0.05, 0.1) is 12.9 Å². The summed E-state index contributed by atoms with van der Waals surface area (Å²) in [7, 11) is -16.9. The molecule has 0 saturated carbocycles. The second kappa shape index (κ2) is 11.0. The number of aliphatic hydroxyl groups excluding tert-OH is 2. The van der Waals surface area contributed by atoms with Gasteiger partial charge in [0, 0.05) is 6.42 Å². The summed E-state index contributed by atoms with van der Waals surface area (Å²) in [5, 5.41) is 22.0. The summed E-state index contributed by atoms with van der Waals surface area (Å²) in [5.74, 6) is 0.0363. The van der Waals surface area contributed by atoms with Crippen molar-refractivity contribution in [3.05, 3.63) is 48.5 Å². The quantitative estimate of drug-likeness (QED) is 0.142. The molecule has 3 heterocycles. The van der Waals surface area contributed by atoms with Crippen LogP contribution in [-0.2, 0) is 43.7 Å². The highest BCUT2D eigenvalue weighted by Crippen LogP contribution is 2.66. The molecule has 1 saturated heterocycles. The molecule has 1 aliphatic rings. The molecular weight excluding hydrogens is 587 g/mol. The Morgan fingerprint density at radius 2 is 1.69 bits per heavy atom. The van der Waals surface area contributed by atoms with Crippen molar-refractivity contribution in [3.8, 4) is 0 Å². The van der Waals surface area contributed by atoms with Crippen LogP contribution in [0, 0.1) is 0 Å². The van der Waals surface area contributed by atoms with Gasteiger partial charge >= 0.3 is 23.5 Å². The van der Waals surface area contributed by atoms with Crippen molar-refractivity contribution >= 4 is 40.4 Å². The molecule has 1 aliphatic heterocycles. The third kappa shape index (κ3) is 6.78. The fourth-order valence-electron chi connectivity index (χ4n) is 4.10. The molecule has 0 spiro atoms. The van der Waals surface area contributed by atoms with E-state index >= 15 is 0 Å². The van der Waals surface area contributed by atoms with Crippen molar-refractivity contribution in [1.29, 1.82) is 0 Å². The molecule has 3 aromatic rings. The van der Waals surface area contributed by atoms with Gasteiger partial charge in [0.1, 0.15) is 30.2 Å². The first-order chi connectivity index (χ1) is 18.1. The summed E-state index contributed by atoms with van der Waals surface area (Å²) in [4.78, 5) is 48.6. The normalized spacial score (nSPS) is 26.9. The number of fused-ring (bicyclic) bond motifs is 1. The van der Waals surface area contributed by atoms with Crippen LogP contribution >= 0.6 is 23.5 Å². The lowest BCUT2D eigenvalue weighted by atomic mass is 9.95. The van der Waals surface area contributed by atoms with Crippen molar-refractivity contribution < 1.29 is 61.4 Å². The molecular formula is C18H24N5O13P3. The lowest BCUT2D eigenvalue weighted by molar-refractivity contribution is -0.149. The zero-order valence-corrected chi connectivity index (χ0v) is 22.3. The van der Waals surface area contributed by atoms with Crippen LogP contribution in [0.25, 0.3) is 11.2 Å². The summed E-state index contributed by atoms with van der Waals surface area (Å²) in [6.07, 6.45) is -2.21. The zero-order valence-electron chi connectivity index (χ0n) is 19.6. The van der Waals surface area contributed by atoms with E-state index in [0.717, 1.165) is 11.9 Å². The number of nitrogens with zero attached hydrogens (tertiary/aromatic N) is 4. The maximum atomic E-state index is 12.2. The first kappa shape index (κ1) is 29.8. The Hall–Kier alpha value is -2.14. The van der Waals surface area contributed by atoms with Crippen LogP contribution in [0.1, 0.15) is 12.0 Å². The molecule has 2 aromatic heterocycles. The Balaban J connectivity index is 1.60. The molecule has 0 aliphatic carbocycles. The van der Waals surface area contributed by atoms with Crippen LogP contribution in [0.2, 0.25) is 0 Å². The number of aryl methyl sites for hydroxylation is 1. The molecule has 0 radical (unpaired) electrons. The Kier molecular flexibility index (Phi) is 8.44. The predicted molar refractivity (Wildman–Crippen MR) is 129 cm³/mol. The van der Waals surface area contributed by atoms with E-state index in [1.165, 1.54) is 10.9 Å². The second-order valence-corrected chi connectivity index (χ2v) is 12.8. The molecule has 8 N–H and O–H groups in total. The van der Waals surface area contributed by atoms with Gasteiger partial charge in [-0.2, -0.15) is 8.62 Å². The number of ether oxygens (including phenoxy) is 1. The minimum absolute atomic E-state index is 0.0242. The van der Waals surface area contributed by atoms with E-state index in [0.29, 0.717) is 6.42 Å². The molecule has 2 unspecified atom stereocenters. The number of aromatic nitrogens is 4. The van der Waals surface area contributed by atoms with Gasteiger partial charge in [0.15, 0.2) is 17.2 Å². The van der Waals surface area contributed by atoms with Gasteiger partial charge in [0.25, 0.3) is 0 Å². The van der Waals surface area contributed by atoms with E-state index in [1.54, 1.807) is 12.1 Å². The van der Waals surface area contributed by atoms with Gasteiger partial charge in [-0.3, -0.25) is 9.09 Å². The average Bonchev–Trinajstić information content (AvgIpc) is 3.36. The maximum Gasteiger partial charge on any atom is 0.490 e. The third-order valence-corrected chi connectivity index (χ3v) is 9.53. The number of nitrogens with two attached hydrogens (primary N) is 1. The minimum Gasteiger partial charge on any atom is -0.387 e. The van der Waals surface area contributed by atoms with Gasteiger partial charge in [0.2, 0.25) is 0 Å².